The summed E-state index contributed by atoms with van der Waals surface area (Å²) >= 11 is 0. The number of benzene rings is 1. The van der Waals surface area contributed by atoms with Crippen molar-refractivity contribution in [2.24, 2.45) is 0 Å². The molecular weight excluding hydrogens is 268 g/mol. The summed E-state index contributed by atoms with van der Waals surface area (Å²) in [4.78, 5) is 0. The second-order valence-electron chi connectivity index (χ2n) is 4.95. The van der Waals surface area contributed by atoms with E-state index in [2.05, 4.69) is 58.9 Å². The fraction of sp³-hybridized carbons (Fsp3) is 0.467. The second-order valence-corrected chi connectivity index (χ2v) is 4.95. The molecule has 1 atom stereocenters. The Labute approximate surface area is 124 Å². The van der Waals surface area contributed by atoms with Crippen LogP contribution in [0.3, 0.4) is 0 Å². The zero-order chi connectivity index (χ0) is 15.1. The van der Waals surface area contributed by atoms with Gasteiger partial charge in [-0.2, -0.15) is 0 Å². The lowest BCUT2D eigenvalue weighted by Gasteiger charge is -2.12. The molecule has 0 saturated heterocycles. The van der Waals surface area contributed by atoms with Gasteiger partial charge in [-0.15, -0.1) is 5.10 Å². The number of rotatable bonds is 8. The fourth-order valence-electron chi connectivity index (χ4n) is 1.88. The Morgan fingerprint density at radius 3 is 2.71 bits per heavy atom. The summed E-state index contributed by atoms with van der Waals surface area (Å²) in [5.74, 6) is 0.560. The minimum Gasteiger partial charge on any atom is -0.407 e. The van der Waals surface area contributed by atoms with Crippen LogP contribution in [0.1, 0.15) is 30.0 Å². The molecule has 0 fully saturated rings. The van der Waals surface area contributed by atoms with Crippen LogP contribution in [-0.2, 0) is 11.3 Å². The maximum absolute atomic E-state index is 5.54. The van der Waals surface area contributed by atoms with Gasteiger partial charge in [0.25, 0.3) is 0 Å². The smallest absolute Gasteiger partial charge is 0.315 e. The Balaban J connectivity index is 1.85. The number of methoxy groups -OCH3 is 1. The van der Waals surface area contributed by atoms with Crippen LogP contribution in [-0.4, -0.2) is 30.5 Å². The number of nitrogens with one attached hydrogen (secondary N) is 2. The highest BCUT2D eigenvalue weighted by Gasteiger charge is 2.10. The molecule has 0 saturated carbocycles. The molecule has 1 aromatic carbocycles. The molecule has 0 amide bonds. The highest BCUT2D eigenvalue weighted by molar-refractivity contribution is 5.30. The quantitative estimate of drug-likeness (QED) is 0.727. The average molecular weight is 290 g/mol. The van der Waals surface area contributed by atoms with Crippen LogP contribution in [0.5, 0.6) is 0 Å². The number of aromatic nitrogens is 2. The molecule has 6 heteroatoms. The lowest BCUT2D eigenvalue weighted by Crippen LogP contribution is -2.18. The van der Waals surface area contributed by atoms with E-state index in [-0.39, 0.29) is 6.04 Å². The van der Waals surface area contributed by atoms with E-state index in [0.717, 1.165) is 6.54 Å². The third kappa shape index (κ3) is 4.84. The number of ether oxygens (including phenoxy) is 1. The SMILES string of the molecule is COCCNCc1nnc(NC(C)c2ccc(C)cc2)o1. The molecule has 2 aromatic rings. The summed E-state index contributed by atoms with van der Waals surface area (Å²) in [6, 6.07) is 8.92. The summed E-state index contributed by atoms with van der Waals surface area (Å²) in [7, 11) is 1.67. The summed E-state index contributed by atoms with van der Waals surface area (Å²) < 4.78 is 10.5. The van der Waals surface area contributed by atoms with Crippen molar-refractivity contribution >= 4 is 6.01 Å². The Bertz CT molecular complexity index is 539. The lowest BCUT2D eigenvalue weighted by molar-refractivity contribution is 0.198. The van der Waals surface area contributed by atoms with E-state index in [4.69, 9.17) is 9.15 Å². The molecule has 21 heavy (non-hydrogen) atoms. The highest BCUT2D eigenvalue weighted by Crippen LogP contribution is 2.18. The maximum Gasteiger partial charge on any atom is 0.315 e. The molecular formula is C15H22N4O2. The van der Waals surface area contributed by atoms with Gasteiger partial charge in [0, 0.05) is 13.7 Å². The minimum absolute atomic E-state index is 0.111. The summed E-state index contributed by atoms with van der Waals surface area (Å²) in [6.45, 7) is 6.08. The Morgan fingerprint density at radius 1 is 1.24 bits per heavy atom. The largest absolute Gasteiger partial charge is 0.407 e. The van der Waals surface area contributed by atoms with E-state index >= 15 is 0 Å². The zero-order valence-corrected chi connectivity index (χ0v) is 12.7. The van der Waals surface area contributed by atoms with E-state index in [1.165, 1.54) is 11.1 Å². The number of aryl methyl sites for hydroxylation is 1. The lowest BCUT2D eigenvalue weighted by atomic mass is 10.1. The third-order valence-corrected chi connectivity index (χ3v) is 3.14. The molecule has 0 aliphatic rings. The first kappa shape index (κ1) is 15.5. The Kier molecular flexibility index (Phi) is 5.71. The zero-order valence-electron chi connectivity index (χ0n) is 12.7. The second kappa shape index (κ2) is 7.75. The van der Waals surface area contributed by atoms with Gasteiger partial charge in [0.15, 0.2) is 0 Å². The van der Waals surface area contributed by atoms with Gasteiger partial charge in [-0.1, -0.05) is 34.9 Å². The first-order chi connectivity index (χ1) is 10.2. The molecule has 2 rings (SSSR count). The highest BCUT2D eigenvalue weighted by atomic mass is 16.5. The molecule has 0 bridgehead atoms. The van der Waals surface area contributed by atoms with Crippen molar-refractivity contribution < 1.29 is 9.15 Å². The van der Waals surface area contributed by atoms with E-state index in [9.17, 15) is 0 Å². The van der Waals surface area contributed by atoms with Crippen LogP contribution >= 0.6 is 0 Å². The van der Waals surface area contributed by atoms with Crippen molar-refractivity contribution in [1.29, 1.82) is 0 Å². The standard InChI is InChI=1S/C15H22N4O2/c1-11-4-6-13(7-5-11)12(2)17-15-19-18-14(21-15)10-16-8-9-20-3/h4-7,12,16H,8-10H2,1-3H3,(H,17,19). The van der Waals surface area contributed by atoms with Crippen LogP contribution in [0.2, 0.25) is 0 Å². The van der Waals surface area contributed by atoms with E-state index in [1.54, 1.807) is 7.11 Å². The van der Waals surface area contributed by atoms with Gasteiger partial charge in [0.2, 0.25) is 5.89 Å². The molecule has 6 nitrogen and oxygen atoms in total. The minimum atomic E-state index is 0.111. The van der Waals surface area contributed by atoms with Crippen LogP contribution in [0.15, 0.2) is 28.7 Å². The van der Waals surface area contributed by atoms with Crippen molar-refractivity contribution in [3.8, 4) is 0 Å². The van der Waals surface area contributed by atoms with Crippen LogP contribution < -0.4 is 10.6 Å². The Hall–Kier alpha value is -1.92. The van der Waals surface area contributed by atoms with E-state index in [1.807, 2.05) is 0 Å². The number of nitrogens with zero attached hydrogens (tertiary/aromatic N) is 2. The van der Waals surface area contributed by atoms with E-state index < -0.39 is 0 Å². The first-order valence-electron chi connectivity index (χ1n) is 7.04. The number of hydrogen-bond donors (Lipinski definition) is 2. The predicted octanol–water partition coefficient (Wildman–Crippen LogP) is 2.29. The number of hydrogen-bond acceptors (Lipinski definition) is 6. The van der Waals surface area contributed by atoms with Gasteiger partial charge in [0.1, 0.15) is 0 Å². The normalized spacial score (nSPS) is 12.3. The predicted molar refractivity (Wildman–Crippen MR) is 81.1 cm³/mol. The molecule has 114 valence electrons. The van der Waals surface area contributed by atoms with Gasteiger partial charge in [-0.3, -0.25) is 0 Å². The molecule has 0 aliphatic carbocycles. The summed E-state index contributed by atoms with van der Waals surface area (Å²) in [5, 5.41) is 14.4. The van der Waals surface area contributed by atoms with Crippen molar-refractivity contribution in [2.75, 3.05) is 25.6 Å². The fourth-order valence-corrected chi connectivity index (χ4v) is 1.88. The average Bonchev–Trinajstić information content (AvgIpc) is 2.92. The molecule has 1 heterocycles. The molecule has 1 aromatic heterocycles. The van der Waals surface area contributed by atoms with Crippen LogP contribution in [0, 0.1) is 6.92 Å². The Morgan fingerprint density at radius 2 is 2.00 bits per heavy atom. The molecule has 1 unspecified atom stereocenters. The third-order valence-electron chi connectivity index (χ3n) is 3.14. The van der Waals surface area contributed by atoms with Crippen LogP contribution in [0.25, 0.3) is 0 Å². The molecule has 2 N–H and O–H groups in total. The van der Waals surface area contributed by atoms with Crippen molar-refractivity contribution in [2.45, 2.75) is 26.4 Å². The first-order valence-corrected chi connectivity index (χ1v) is 7.04. The van der Waals surface area contributed by atoms with Crippen molar-refractivity contribution in [1.82, 2.24) is 15.5 Å². The maximum atomic E-state index is 5.54. The molecule has 0 radical (unpaired) electrons. The molecule has 0 aliphatic heterocycles. The van der Waals surface area contributed by atoms with Gasteiger partial charge >= 0.3 is 6.01 Å². The molecule has 0 spiro atoms. The van der Waals surface area contributed by atoms with Crippen LogP contribution in [0.4, 0.5) is 6.01 Å². The van der Waals surface area contributed by atoms with E-state index in [0.29, 0.717) is 25.1 Å². The monoisotopic (exact) mass is 290 g/mol. The summed E-state index contributed by atoms with van der Waals surface area (Å²) in [6.07, 6.45) is 0. The van der Waals surface area contributed by atoms with Gasteiger partial charge in [0.05, 0.1) is 19.2 Å². The van der Waals surface area contributed by atoms with Gasteiger partial charge in [-0.05, 0) is 19.4 Å². The van der Waals surface area contributed by atoms with Gasteiger partial charge < -0.3 is 19.8 Å². The van der Waals surface area contributed by atoms with Crippen molar-refractivity contribution in [3.63, 3.8) is 0 Å². The topological polar surface area (TPSA) is 72.2 Å². The number of anilines is 1. The van der Waals surface area contributed by atoms with Gasteiger partial charge in [-0.25, -0.2) is 0 Å². The van der Waals surface area contributed by atoms with Crippen molar-refractivity contribution in [3.05, 3.63) is 41.3 Å². The summed E-state index contributed by atoms with van der Waals surface area (Å²) in [5.41, 5.74) is 2.42.